The van der Waals surface area contributed by atoms with E-state index in [4.69, 9.17) is 16.3 Å². The minimum atomic E-state index is 0.120. The second-order valence-electron chi connectivity index (χ2n) is 8.45. The van der Waals surface area contributed by atoms with Gasteiger partial charge in [0.05, 0.1) is 23.9 Å². The van der Waals surface area contributed by atoms with Crippen LogP contribution >= 0.6 is 11.6 Å². The summed E-state index contributed by atoms with van der Waals surface area (Å²) in [6.07, 6.45) is 3.95. The van der Waals surface area contributed by atoms with Crippen molar-refractivity contribution >= 4 is 11.6 Å². The smallest absolute Gasteiger partial charge is 0.151 e. The number of nitriles is 1. The minimum absolute atomic E-state index is 0.120. The molecule has 1 saturated carbocycles. The molecule has 3 aromatic rings. The van der Waals surface area contributed by atoms with Gasteiger partial charge in [0.1, 0.15) is 17.6 Å². The molecule has 2 aliphatic rings. The van der Waals surface area contributed by atoms with Crippen LogP contribution in [0.1, 0.15) is 54.4 Å². The Kier molecular flexibility index (Phi) is 5.39. The van der Waals surface area contributed by atoms with Crippen molar-refractivity contribution in [2.75, 3.05) is 7.05 Å². The zero-order valence-corrected chi connectivity index (χ0v) is 18.2. The highest BCUT2D eigenvalue weighted by Gasteiger charge is 2.30. The summed E-state index contributed by atoms with van der Waals surface area (Å²) in [5, 5.41) is 19.2. The average Bonchev–Trinajstić information content (AvgIpc) is 3.12. The van der Waals surface area contributed by atoms with E-state index in [1.807, 2.05) is 30.3 Å². The van der Waals surface area contributed by atoms with Crippen LogP contribution in [-0.2, 0) is 13.1 Å². The highest BCUT2D eigenvalue weighted by Crippen LogP contribution is 2.37. The summed E-state index contributed by atoms with van der Waals surface area (Å²) in [6.45, 7) is 1.58. The first kappa shape index (κ1) is 20.0. The Morgan fingerprint density at radius 1 is 1.06 bits per heavy atom. The lowest BCUT2D eigenvalue weighted by Gasteiger charge is -2.29. The number of para-hydroxylation sites is 1. The van der Waals surface area contributed by atoms with Gasteiger partial charge in [-0.2, -0.15) is 5.26 Å². The molecular weight excluding hydrogens is 410 g/mol. The van der Waals surface area contributed by atoms with Crippen LogP contribution in [0.15, 0.2) is 42.5 Å². The summed E-state index contributed by atoms with van der Waals surface area (Å²) in [5.41, 5.74) is 2.91. The summed E-state index contributed by atoms with van der Waals surface area (Å²) >= 11 is 6.28. The van der Waals surface area contributed by atoms with Gasteiger partial charge in [-0.3, -0.25) is 9.47 Å². The number of fused-ring (bicyclic) bond motifs is 3. The summed E-state index contributed by atoms with van der Waals surface area (Å²) in [5.74, 6) is 3.02. The van der Waals surface area contributed by atoms with Gasteiger partial charge in [0, 0.05) is 17.5 Å². The molecule has 1 aromatic heterocycles. The normalized spacial score (nSPS) is 20.9. The first-order chi connectivity index (χ1) is 15.1. The van der Waals surface area contributed by atoms with E-state index in [2.05, 4.69) is 38.8 Å². The van der Waals surface area contributed by atoms with Gasteiger partial charge >= 0.3 is 0 Å². The number of benzene rings is 2. The van der Waals surface area contributed by atoms with Gasteiger partial charge < -0.3 is 4.74 Å². The quantitative estimate of drug-likeness (QED) is 0.591. The Bertz CT molecular complexity index is 1140. The number of hydrogen-bond donors (Lipinski definition) is 0. The third-order valence-electron chi connectivity index (χ3n) is 6.23. The van der Waals surface area contributed by atoms with Crippen molar-refractivity contribution in [2.24, 2.45) is 0 Å². The van der Waals surface area contributed by atoms with Crippen LogP contribution in [0.5, 0.6) is 5.75 Å². The Morgan fingerprint density at radius 3 is 2.68 bits per heavy atom. The Morgan fingerprint density at radius 2 is 1.87 bits per heavy atom. The van der Waals surface area contributed by atoms with Gasteiger partial charge in [-0.25, -0.2) is 0 Å². The second-order valence-corrected chi connectivity index (χ2v) is 8.89. The zero-order valence-electron chi connectivity index (χ0n) is 17.5. The monoisotopic (exact) mass is 433 g/mol. The summed E-state index contributed by atoms with van der Waals surface area (Å²) in [6, 6.07) is 15.7. The molecular formula is C24H24ClN5O. The molecule has 0 spiro atoms. The third kappa shape index (κ3) is 3.91. The molecule has 7 heteroatoms. The molecule has 5 rings (SSSR count). The van der Waals surface area contributed by atoms with Gasteiger partial charge in [-0.1, -0.05) is 23.7 Å². The number of halogens is 1. The lowest BCUT2D eigenvalue weighted by molar-refractivity contribution is 0.144. The third-order valence-corrected chi connectivity index (χ3v) is 6.46. The number of nitrogens with zero attached hydrogens (tertiary/aromatic N) is 5. The predicted molar refractivity (Wildman–Crippen MR) is 118 cm³/mol. The van der Waals surface area contributed by atoms with Crippen LogP contribution in [0, 0.1) is 11.3 Å². The fourth-order valence-corrected chi connectivity index (χ4v) is 4.92. The van der Waals surface area contributed by atoms with Crippen molar-refractivity contribution in [3.8, 4) is 17.5 Å². The van der Waals surface area contributed by atoms with Crippen molar-refractivity contribution in [1.82, 2.24) is 19.7 Å². The standard InChI is InChI=1S/C24H24ClN5O/c1-29-14-18-12-19(25)8-11-21(18)30-23(15-29)27-28-24(30)16-6-9-20(10-7-16)31-22-5-3-2-4-17(22)13-26/h2-5,8,11-12,16,20H,6-7,9-10,14-15H2,1H3. The first-order valence-electron chi connectivity index (χ1n) is 10.7. The van der Waals surface area contributed by atoms with Crippen LogP contribution in [0.2, 0.25) is 5.02 Å². The highest BCUT2D eigenvalue weighted by atomic mass is 35.5. The highest BCUT2D eigenvalue weighted by molar-refractivity contribution is 6.30. The van der Waals surface area contributed by atoms with Gasteiger partial charge in [0.2, 0.25) is 0 Å². The maximum Gasteiger partial charge on any atom is 0.151 e. The molecule has 1 aliphatic heterocycles. The van der Waals surface area contributed by atoms with Crippen LogP contribution in [0.3, 0.4) is 0 Å². The van der Waals surface area contributed by atoms with E-state index in [1.165, 1.54) is 5.56 Å². The lowest BCUT2D eigenvalue weighted by atomic mass is 9.86. The van der Waals surface area contributed by atoms with Crippen LogP contribution in [0.4, 0.5) is 0 Å². The zero-order chi connectivity index (χ0) is 21.4. The van der Waals surface area contributed by atoms with E-state index < -0.39 is 0 Å². The summed E-state index contributed by atoms with van der Waals surface area (Å²) in [7, 11) is 2.09. The van der Waals surface area contributed by atoms with Crippen LogP contribution in [-0.4, -0.2) is 32.8 Å². The van der Waals surface area contributed by atoms with E-state index in [0.717, 1.165) is 61.1 Å². The minimum Gasteiger partial charge on any atom is -0.489 e. The van der Waals surface area contributed by atoms with Crippen molar-refractivity contribution in [1.29, 1.82) is 5.26 Å². The number of rotatable bonds is 3. The first-order valence-corrected chi connectivity index (χ1v) is 11.1. The van der Waals surface area contributed by atoms with Crippen molar-refractivity contribution in [3.05, 3.63) is 70.3 Å². The molecule has 2 heterocycles. The van der Waals surface area contributed by atoms with Gasteiger partial charge in [0.25, 0.3) is 0 Å². The Labute approximate surface area is 187 Å². The van der Waals surface area contributed by atoms with Crippen molar-refractivity contribution in [3.63, 3.8) is 0 Å². The van der Waals surface area contributed by atoms with E-state index in [1.54, 1.807) is 6.07 Å². The van der Waals surface area contributed by atoms with Crippen LogP contribution in [0.25, 0.3) is 5.69 Å². The molecule has 1 fully saturated rings. The molecule has 0 saturated heterocycles. The molecule has 0 atom stereocenters. The molecule has 0 unspecified atom stereocenters. The SMILES string of the molecule is CN1Cc2cc(Cl)ccc2-n2c(nnc2C2CCC(Oc3ccccc3C#N)CC2)C1. The fraction of sp³-hybridized carbons (Fsp3) is 0.375. The maximum atomic E-state index is 9.31. The molecule has 6 nitrogen and oxygen atoms in total. The number of ether oxygens (including phenoxy) is 1. The van der Waals surface area contributed by atoms with E-state index in [9.17, 15) is 5.26 Å². The topological polar surface area (TPSA) is 67.0 Å². The molecule has 0 bridgehead atoms. The maximum absolute atomic E-state index is 9.31. The largest absolute Gasteiger partial charge is 0.489 e. The molecule has 158 valence electrons. The molecule has 0 radical (unpaired) electrons. The number of hydrogen-bond acceptors (Lipinski definition) is 5. The van der Waals surface area contributed by atoms with E-state index in [0.29, 0.717) is 17.2 Å². The van der Waals surface area contributed by atoms with Crippen LogP contribution < -0.4 is 4.74 Å². The second kappa shape index (κ2) is 8.33. The summed E-state index contributed by atoms with van der Waals surface area (Å²) in [4.78, 5) is 2.24. The fourth-order valence-electron chi connectivity index (χ4n) is 4.73. The molecule has 1 aliphatic carbocycles. The Balaban J connectivity index is 1.37. The van der Waals surface area contributed by atoms with Gasteiger partial charge in [-0.05, 0) is 68.6 Å². The van der Waals surface area contributed by atoms with Gasteiger partial charge in [0.15, 0.2) is 5.82 Å². The molecule has 31 heavy (non-hydrogen) atoms. The van der Waals surface area contributed by atoms with Gasteiger partial charge in [-0.15, -0.1) is 10.2 Å². The molecule has 0 amide bonds. The Hall–Kier alpha value is -2.88. The van der Waals surface area contributed by atoms with E-state index in [-0.39, 0.29) is 6.10 Å². The molecule has 0 N–H and O–H groups in total. The number of aromatic nitrogens is 3. The molecule has 2 aromatic carbocycles. The average molecular weight is 434 g/mol. The van der Waals surface area contributed by atoms with E-state index >= 15 is 0 Å². The summed E-state index contributed by atoms with van der Waals surface area (Å²) < 4.78 is 8.41. The lowest BCUT2D eigenvalue weighted by Crippen LogP contribution is -2.25. The van der Waals surface area contributed by atoms with Crippen molar-refractivity contribution < 1.29 is 4.74 Å². The van der Waals surface area contributed by atoms with Crippen molar-refractivity contribution in [2.45, 2.75) is 50.8 Å². The predicted octanol–water partition coefficient (Wildman–Crippen LogP) is 4.84.